The monoisotopic (exact) mass is 149 g/mol. The number of esters is 1. The van der Waals surface area contributed by atoms with Crippen molar-refractivity contribution in [2.75, 3.05) is 20.0 Å². The van der Waals surface area contributed by atoms with Crippen molar-refractivity contribution in [3.8, 4) is 0 Å². The molecule has 2 N–H and O–H groups in total. The Labute approximate surface area is 59.0 Å². The molecular weight excluding hydrogens is 138 g/mol. The average Bonchev–Trinajstić information content (AvgIpc) is 1.89. The minimum atomic E-state index is -0.417. The molecule has 0 aliphatic rings. The number of hydrogen-bond donors (Lipinski definition) is 1. The molecule has 0 spiro atoms. The first-order valence-electron chi connectivity index (χ1n) is 2.86. The van der Waals surface area contributed by atoms with Gasteiger partial charge in [0.05, 0.1) is 6.61 Å². The highest BCUT2D eigenvalue weighted by Gasteiger charge is 1.99. The van der Waals surface area contributed by atoms with Crippen LogP contribution in [0.3, 0.4) is 0 Å². The standard InChI is InChI=1S/C5H11NO4/c1-2-9-5(7)3-8-4-10-6/h2-4,6H2,1H3. The highest BCUT2D eigenvalue weighted by Crippen LogP contribution is 1.79. The molecule has 0 unspecified atom stereocenters. The van der Waals surface area contributed by atoms with Gasteiger partial charge >= 0.3 is 5.97 Å². The van der Waals surface area contributed by atoms with Gasteiger partial charge in [0.2, 0.25) is 0 Å². The van der Waals surface area contributed by atoms with Crippen molar-refractivity contribution in [3.05, 3.63) is 0 Å². The smallest absolute Gasteiger partial charge is 0.332 e. The van der Waals surface area contributed by atoms with Crippen molar-refractivity contribution in [1.82, 2.24) is 0 Å². The first-order chi connectivity index (χ1) is 4.81. The lowest BCUT2D eigenvalue weighted by molar-refractivity contribution is -0.154. The van der Waals surface area contributed by atoms with Gasteiger partial charge in [-0.1, -0.05) is 0 Å². The van der Waals surface area contributed by atoms with Crippen molar-refractivity contribution in [2.24, 2.45) is 5.90 Å². The van der Waals surface area contributed by atoms with E-state index in [0.29, 0.717) is 6.61 Å². The number of ether oxygens (including phenoxy) is 2. The molecule has 60 valence electrons. The van der Waals surface area contributed by atoms with Gasteiger partial charge in [0.1, 0.15) is 6.61 Å². The second-order valence-corrected chi connectivity index (χ2v) is 1.44. The zero-order valence-electron chi connectivity index (χ0n) is 5.83. The van der Waals surface area contributed by atoms with E-state index in [9.17, 15) is 4.79 Å². The van der Waals surface area contributed by atoms with Gasteiger partial charge in [0.15, 0.2) is 6.79 Å². The van der Waals surface area contributed by atoms with E-state index in [1.54, 1.807) is 6.92 Å². The number of carbonyl (C=O) groups is 1. The van der Waals surface area contributed by atoms with Crippen LogP contribution in [0.15, 0.2) is 0 Å². The van der Waals surface area contributed by atoms with Crippen LogP contribution in [0.25, 0.3) is 0 Å². The molecule has 5 heteroatoms. The molecule has 5 nitrogen and oxygen atoms in total. The lowest BCUT2D eigenvalue weighted by atomic mass is 10.7. The van der Waals surface area contributed by atoms with Gasteiger partial charge in [-0.25, -0.2) is 10.7 Å². The molecular formula is C5H11NO4. The Morgan fingerprint density at radius 2 is 2.30 bits per heavy atom. The summed E-state index contributed by atoms with van der Waals surface area (Å²) < 4.78 is 9.10. The molecule has 0 saturated carbocycles. The molecule has 0 fully saturated rings. The first-order valence-corrected chi connectivity index (χ1v) is 2.86. The SMILES string of the molecule is CCOC(=O)COCON. The van der Waals surface area contributed by atoms with E-state index < -0.39 is 5.97 Å². The summed E-state index contributed by atoms with van der Waals surface area (Å²) in [6.45, 7) is 1.85. The summed E-state index contributed by atoms with van der Waals surface area (Å²) in [5.41, 5.74) is 0. The Kier molecular flexibility index (Phi) is 6.05. The van der Waals surface area contributed by atoms with E-state index in [-0.39, 0.29) is 13.4 Å². The van der Waals surface area contributed by atoms with Crippen LogP contribution >= 0.6 is 0 Å². The third kappa shape index (κ3) is 5.49. The summed E-state index contributed by atoms with van der Waals surface area (Å²) in [6.07, 6.45) is 0. The van der Waals surface area contributed by atoms with Gasteiger partial charge < -0.3 is 9.47 Å². The molecule has 10 heavy (non-hydrogen) atoms. The van der Waals surface area contributed by atoms with Crippen LogP contribution in [-0.4, -0.2) is 26.0 Å². The van der Waals surface area contributed by atoms with Crippen molar-refractivity contribution >= 4 is 5.97 Å². The van der Waals surface area contributed by atoms with Crippen LogP contribution in [0.5, 0.6) is 0 Å². The third-order valence-electron chi connectivity index (χ3n) is 0.677. The Bertz CT molecular complexity index is 95.6. The minimum absolute atomic E-state index is 0.0984. The van der Waals surface area contributed by atoms with Gasteiger partial charge in [-0.05, 0) is 6.92 Å². The normalized spacial score (nSPS) is 9.40. The van der Waals surface area contributed by atoms with Crippen molar-refractivity contribution in [3.63, 3.8) is 0 Å². The second kappa shape index (κ2) is 6.47. The van der Waals surface area contributed by atoms with E-state index in [2.05, 4.69) is 20.2 Å². The number of rotatable bonds is 5. The number of nitrogens with two attached hydrogens (primary N) is 1. The molecule has 0 aromatic heterocycles. The molecule has 0 saturated heterocycles. The van der Waals surface area contributed by atoms with Crippen LogP contribution in [0.2, 0.25) is 0 Å². The van der Waals surface area contributed by atoms with Crippen molar-refractivity contribution in [2.45, 2.75) is 6.92 Å². The molecule has 0 atom stereocenters. The highest BCUT2D eigenvalue weighted by atomic mass is 16.7. The summed E-state index contributed by atoms with van der Waals surface area (Å²) >= 11 is 0. The van der Waals surface area contributed by atoms with Crippen molar-refractivity contribution < 1.29 is 19.1 Å². The lowest BCUT2D eigenvalue weighted by Crippen LogP contribution is -2.15. The van der Waals surface area contributed by atoms with Gasteiger partial charge in [0, 0.05) is 0 Å². The Balaban J connectivity index is 3.05. The fraction of sp³-hybridized carbons (Fsp3) is 0.800. The molecule has 0 radical (unpaired) electrons. The van der Waals surface area contributed by atoms with Gasteiger partial charge in [-0.15, -0.1) is 0 Å². The zero-order valence-corrected chi connectivity index (χ0v) is 5.83. The summed E-state index contributed by atoms with van der Waals surface area (Å²) in [7, 11) is 0. The molecule has 0 aromatic rings. The molecule has 0 amide bonds. The summed E-state index contributed by atoms with van der Waals surface area (Å²) in [6, 6.07) is 0. The van der Waals surface area contributed by atoms with E-state index in [1.807, 2.05) is 0 Å². The van der Waals surface area contributed by atoms with Gasteiger partial charge in [-0.3, -0.25) is 4.84 Å². The largest absolute Gasteiger partial charge is 0.464 e. The third-order valence-corrected chi connectivity index (χ3v) is 0.677. The van der Waals surface area contributed by atoms with E-state index in [0.717, 1.165) is 0 Å². The highest BCUT2D eigenvalue weighted by molar-refractivity contribution is 5.70. The maximum absolute atomic E-state index is 10.5. The number of hydrogen-bond acceptors (Lipinski definition) is 5. The van der Waals surface area contributed by atoms with Crippen molar-refractivity contribution in [1.29, 1.82) is 0 Å². The molecule has 0 aliphatic carbocycles. The Morgan fingerprint density at radius 3 is 2.80 bits per heavy atom. The zero-order chi connectivity index (χ0) is 7.82. The van der Waals surface area contributed by atoms with E-state index in [4.69, 9.17) is 0 Å². The molecule has 0 aliphatic heterocycles. The van der Waals surface area contributed by atoms with Gasteiger partial charge in [0.25, 0.3) is 0 Å². The van der Waals surface area contributed by atoms with E-state index in [1.165, 1.54) is 0 Å². The summed E-state index contributed by atoms with van der Waals surface area (Å²) in [5, 5.41) is 0. The quantitative estimate of drug-likeness (QED) is 0.245. The molecule has 0 aromatic carbocycles. The van der Waals surface area contributed by atoms with Gasteiger partial charge in [-0.2, -0.15) is 0 Å². The van der Waals surface area contributed by atoms with Crippen LogP contribution in [0.4, 0.5) is 0 Å². The number of carbonyl (C=O) groups excluding carboxylic acids is 1. The van der Waals surface area contributed by atoms with Crippen LogP contribution in [0, 0.1) is 0 Å². The van der Waals surface area contributed by atoms with E-state index >= 15 is 0 Å². The summed E-state index contributed by atoms with van der Waals surface area (Å²) in [4.78, 5) is 14.5. The fourth-order valence-electron chi connectivity index (χ4n) is 0.376. The predicted molar refractivity (Wildman–Crippen MR) is 32.7 cm³/mol. The lowest BCUT2D eigenvalue weighted by Gasteiger charge is -2.00. The fourth-order valence-corrected chi connectivity index (χ4v) is 0.376. The second-order valence-electron chi connectivity index (χ2n) is 1.44. The first kappa shape index (κ1) is 9.35. The van der Waals surface area contributed by atoms with Crippen LogP contribution in [0.1, 0.15) is 6.92 Å². The Morgan fingerprint density at radius 1 is 1.60 bits per heavy atom. The topological polar surface area (TPSA) is 70.8 Å². The Hall–Kier alpha value is -0.650. The van der Waals surface area contributed by atoms with Crippen LogP contribution < -0.4 is 5.90 Å². The molecule has 0 rings (SSSR count). The maximum atomic E-state index is 10.5. The molecule has 0 bridgehead atoms. The minimum Gasteiger partial charge on any atom is -0.464 e. The maximum Gasteiger partial charge on any atom is 0.332 e. The average molecular weight is 149 g/mol. The summed E-state index contributed by atoms with van der Waals surface area (Å²) in [5.74, 6) is 4.19. The predicted octanol–water partition coefficient (Wildman–Crippen LogP) is -0.586. The van der Waals surface area contributed by atoms with Crippen LogP contribution in [-0.2, 0) is 19.1 Å². The molecule has 0 heterocycles.